The summed E-state index contributed by atoms with van der Waals surface area (Å²) in [5.41, 5.74) is 5.37. The molecule has 0 unspecified atom stereocenters. The van der Waals surface area contributed by atoms with Gasteiger partial charge in [0.25, 0.3) is 11.8 Å². The maximum atomic E-state index is 14.9. The highest BCUT2D eigenvalue weighted by molar-refractivity contribution is 6.33. The molecule has 1 fully saturated rings. The third-order valence-corrected chi connectivity index (χ3v) is 6.82. The van der Waals surface area contributed by atoms with Crippen LogP contribution < -0.4 is 11.1 Å². The number of aromatic nitrogens is 4. The van der Waals surface area contributed by atoms with Gasteiger partial charge < -0.3 is 16.0 Å². The number of benzene rings is 1. The average Bonchev–Trinajstić information content (AvgIpc) is 3.46. The zero-order chi connectivity index (χ0) is 28.1. The number of nitrogens with zero attached hydrogens (tertiary/aromatic N) is 5. The highest BCUT2D eigenvalue weighted by Crippen LogP contribution is 2.38. The monoisotopic (exact) mass is 561 g/mol. The number of carbonyl (C=O) groups excluding carboxylic acids is 2. The number of nitrogen functional groups attached to an aromatic ring is 1. The van der Waals surface area contributed by atoms with E-state index in [-0.39, 0.29) is 46.3 Å². The Hall–Kier alpha value is -4.26. The number of hydrogen-bond acceptors (Lipinski definition) is 6. The van der Waals surface area contributed by atoms with E-state index in [0.29, 0.717) is 5.56 Å². The fraction of sp³-hybridized carbons (Fsp3) is 0.240. The van der Waals surface area contributed by atoms with E-state index in [9.17, 15) is 27.2 Å². The number of anilines is 1. The second kappa shape index (κ2) is 9.80. The van der Waals surface area contributed by atoms with E-state index in [0.717, 1.165) is 16.9 Å². The molecule has 0 radical (unpaired) electrons. The van der Waals surface area contributed by atoms with Gasteiger partial charge in [-0.15, -0.1) is 0 Å². The summed E-state index contributed by atoms with van der Waals surface area (Å²) in [5.74, 6) is -1.50. The lowest BCUT2D eigenvalue weighted by Gasteiger charge is -2.18. The van der Waals surface area contributed by atoms with Crippen LogP contribution in [0, 0.1) is 6.92 Å². The lowest BCUT2D eigenvalue weighted by Crippen LogP contribution is -2.42. The summed E-state index contributed by atoms with van der Waals surface area (Å²) in [6, 6.07) is 5.79. The van der Waals surface area contributed by atoms with Gasteiger partial charge >= 0.3 is 6.18 Å². The fourth-order valence-corrected chi connectivity index (χ4v) is 4.75. The smallest absolute Gasteiger partial charge is 0.382 e. The van der Waals surface area contributed by atoms with Crippen LogP contribution in [-0.4, -0.2) is 61.6 Å². The molecular weight excluding hydrogens is 542 g/mol. The zero-order valence-corrected chi connectivity index (χ0v) is 21.0. The number of carbonyl (C=O) groups is 2. The van der Waals surface area contributed by atoms with Crippen molar-refractivity contribution in [2.45, 2.75) is 25.3 Å². The second-order valence-corrected chi connectivity index (χ2v) is 9.45. The van der Waals surface area contributed by atoms with Crippen molar-refractivity contribution in [3.05, 3.63) is 76.3 Å². The maximum absolute atomic E-state index is 14.9. The Bertz CT molecular complexity index is 1610. The van der Waals surface area contributed by atoms with Crippen LogP contribution in [-0.2, 0) is 6.18 Å². The van der Waals surface area contributed by atoms with Gasteiger partial charge in [0.05, 0.1) is 34.4 Å². The summed E-state index contributed by atoms with van der Waals surface area (Å²) >= 11 is 6.04. The minimum absolute atomic E-state index is 0.0377. The SMILES string of the molecule is Cc1ccc(-c2cc(C(F)(F)F)c3c(N)ncnn23)cc1C(=O)N[C@@H]1CN(C(=O)c2ccncc2Cl)C[C@@H]1F. The van der Waals surface area contributed by atoms with Gasteiger partial charge in [-0.25, -0.2) is 13.9 Å². The largest absolute Gasteiger partial charge is 0.418 e. The average molecular weight is 562 g/mol. The number of likely N-dealkylation sites (tertiary alicyclic amines) is 1. The predicted octanol–water partition coefficient (Wildman–Crippen LogP) is 3.95. The standard InChI is InChI=1S/C25H20ClF4N7O2/c1-12-2-3-13(20-7-16(25(28,29)30)21-22(31)33-11-34-37(20)21)6-15(12)23(38)35-19-10-36(9-18(19)27)24(39)14-4-5-32-8-17(14)26/h2-8,11,18-19H,9-10H2,1H3,(H,35,38)(H2,31,33,34)/t18-,19+/m0/s1. The molecule has 0 aliphatic carbocycles. The van der Waals surface area contributed by atoms with Crippen molar-refractivity contribution >= 4 is 34.7 Å². The first-order valence-electron chi connectivity index (χ1n) is 11.6. The summed E-state index contributed by atoms with van der Waals surface area (Å²) < 4.78 is 57.0. The number of nitrogens with one attached hydrogen (secondary N) is 1. The second-order valence-electron chi connectivity index (χ2n) is 9.04. The van der Waals surface area contributed by atoms with E-state index < -0.39 is 41.3 Å². The molecular formula is C25H20ClF4N7O2. The van der Waals surface area contributed by atoms with Crippen molar-refractivity contribution in [1.82, 2.24) is 29.8 Å². The van der Waals surface area contributed by atoms with Crippen LogP contribution in [0.15, 0.2) is 49.1 Å². The van der Waals surface area contributed by atoms with Gasteiger partial charge in [-0.05, 0) is 30.7 Å². The Morgan fingerprint density at radius 3 is 2.64 bits per heavy atom. The number of aryl methyl sites for hydroxylation is 1. The van der Waals surface area contributed by atoms with Crippen LogP contribution in [0.2, 0.25) is 5.02 Å². The van der Waals surface area contributed by atoms with E-state index in [4.69, 9.17) is 17.3 Å². The van der Waals surface area contributed by atoms with E-state index in [1.165, 1.54) is 29.4 Å². The Kier molecular flexibility index (Phi) is 6.62. The van der Waals surface area contributed by atoms with Crippen LogP contribution in [0.4, 0.5) is 23.4 Å². The fourth-order valence-electron chi connectivity index (χ4n) is 4.55. The highest BCUT2D eigenvalue weighted by Gasteiger charge is 2.38. The molecule has 0 bridgehead atoms. The molecule has 1 aliphatic rings. The number of amides is 2. The van der Waals surface area contributed by atoms with Crippen molar-refractivity contribution in [2.75, 3.05) is 18.8 Å². The van der Waals surface area contributed by atoms with Gasteiger partial charge in [0.2, 0.25) is 0 Å². The molecule has 0 saturated carbocycles. The number of nitrogens with two attached hydrogens (primary N) is 1. The molecule has 9 nitrogen and oxygen atoms in total. The first-order valence-corrected chi connectivity index (χ1v) is 12.0. The van der Waals surface area contributed by atoms with E-state index in [1.54, 1.807) is 19.1 Å². The van der Waals surface area contributed by atoms with Gasteiger partial charge in [-0.3, -0.25) is 14.6 Å². The van der Waals surface area contributed by atoms with Crippen molar-refractivity contribution in [1.29, 1.82) is 0 Å². The van der Waals surface area contributed by atoms with E-state index in [2.05, 4.69) is 20.4 Å². The third kappa shape index (κ3) is 4.85. The summed E-state index contributed by atoms with van der Waals surface area (Å²) in [7, 11) is 0. The molecule has 4 heterocycles. The molecule has 5 rings (SSSR count). The highest BCUT2D eigenvalue weighted by atomic mass is 35.5. The molecule has 1 aliphatic heterocycles. The summed E-state index contributed by atoms with van der Waals surface area (Å²) in [6.45, 7) is 1.29. The first-order chi connectivity index (χ1) is 18.5. The minimum Gasteiger partial charge on any atom is -0.382 e. The number of fused-ring (bicyclic) bond motifs is 1. The lowest BCUT2D eigenvalue weighted by atomic mass is 10.0. The van der Waals surface area contributed by atoms with Crippen LogP contribution >= 0.6 is 11.6 Å². The Balaban J connectivity index is 1.42. The van der Waals surface area contributed by atoms with Crippen LogP contribution in [0.5, 0.6) is 0 Å². The van der Waals surface area contributed by atoms with Crippen LogP contribution in [0.25, 0.3) is 16.8 Å². The number of alkyl halides is 4. The molecule has 1 saturated heterocycles. The maximum Gasteiger partial charge on any atom is 0.418 e. The molecule has 4 aromatic rings. The normalized spacial score (nSPS) is 17.5. The number of pyridine rings is 1. The van der Waals surface area contributed by atoms with Crippen molar-refractivity contribution in [3.63, 3.8) is 0 Å². The number of halogens is 5. The van der Waals surface area contributed by atoms with E-state index >= 15 is 0 Å². The molecule has 14 heteroatoms. The first kappa shape index (κ1) is 26.4. The van der Waals surface area contributed by atoms with Crippen LogP contribution in [0.3, 0.4) is 0 Å². The zero-order valence-electron chi connectivity index (χ0n) is 20.2. The van der Waals surface area contributed by atoms with Gasteiger partial charge in [0.15, 0.2) is 5.82 Å². The van der Waals surface area contributed by atoms with Gasteiger partial charge in [0.1, 0.15) is 18.0 Å². The predicted molar refractivity (Wildman–Crippen MR) is 134 cm³/mol. The topological polar surface area (TPSA) is 119 Å². The lowest BCUT2D eigenvalue weighted by molar-refractivity contribution is -0.136. The molecule has 3 aromatic heterocycles. The van der Waals surface area contributed by atoms with Crippen molar-refractivity contribution in [3.8, 4) is 11.3 Å². The molecule has 2 atom stereocenters. The van der Waals surface area contributed by atoms with Gasteiger partial charge in [0, 0.05) is 30.1 Å². The quantitative estimate of drug-likeness (QED) is 0.364. The number of rotatable bonds is 4. The third-order valence-electron chi connectivity index (χ3n) is 6.52. The molecule has 3 N–H and O–H groups in total. The molecule has 202 valence electrons. The molecule has 39 heavy (non-hydrogen) atoms. The van der Waals surface area contributed by atoms with E-state index in [1.807, 2.05) is 0 Å². The van der Waals surface area contributed by atoms with Crippen molar-refractivity contribution in [2.24, 2.45) is 0 Å². The molecule has 1 aromatic carbocycles. The Morgan fingerprint density at radius 1 is 1.15 bits per heavy atom. The summed E-state index contributed by atoms with van der Waals surface area (Å²) in [4.78, 5) is 34.7. The summed E-state index contributed by atoms with van der Waals surface area (Å²) in [6.07, 6.45) is -2.55. The van der Waals surface area contributed by atoms with Crippen LogP contribution in [0.1, 0.15) is 31.8 Å². The Morgan fingerprint density at radius 2 is 1.92 bits per heavy atom. The van der Waals surface area contributed by atoms with Gasteiger partial charge in [-0.2, -0.15) is 18.3 Å². The van der Waals surface area contributed by atoms with Gasteiger partial charge in [-0.1, -0.05) is 23.7 Å². The summed E-state index contributed by atoms with van der Waals surface area (Å²) in [5, 5.41) is 6.65. The Labute approximate surface area is 223 Å². The molecule has 0 spiro atoms. The van der Waals surface area contributed by atoms with Crippen molar-refractivity contribution < 1.29 is 27.2 Å². The molecule has 2 amide bonds. The minimum atomic E-state index is -4.73. The number of hydrogen-bond donors (Lipinski definition) is 2.